The number of phenols is 1. The zero-order chi connectivity index (χ0) is 25.1. The molecule has 5 rings (SSSR count). The van der Waals surface area contributed by atoms with E-state index in [0.717, 1.165) is 38.1 Å². The van der Waals surface area contributed by atoms with Crippen molar-refractivity contribution in [3.8, 4) is 11.5 Å². The molecule has 3 aromatic carbocycles. The van der Waals surface area contributed by atoms with Gasteiger partial charge in [0.15, 0.2) is 0 Å². The predicted molar refractivity (Wildman–Crippen MR) is 149 cm³/mol. The van der Waals surface area contributed by atoms with E-state index in [1.807, 2.05) is 12.1 Å². The van der Waals surface area contributed by atoms with Gasteiger partial charge in [-0.2, -0.15) is 0 Å². The van der Waals surface area contributed by atoms with E-state index in [-0.39, 0.29) is 0 Å². The van der Waals surface area contributed by atoms with Crippen molar-refractivity contribution in [3.63, 3.8) is 0 Å². The van der Waals surface area contributed by atoms with Crippen LogP contribution in [0.1, 0.15) is 65.8 Å². The van der Waals surface area contributed by atoms with Gasteiger partial charge < -0.3 is 19.6 Å². The van der Waals surface area contributed by atoms with Gasteiger partial charge in [0.05, 0.1) is 7.11 Å². The minimum absolute atomic E-state index is 0.369. The van der Waals surface area contributed by atoms with Crippen LogP contribution < -0.4 is 9.64 Å². The van der Waals surface area contributed by atoms with Crippen molar-refractivity contribution >= 4 is 5.69 Å². The number of nitrogens with zero attached hydrogens (tertiary/aromatic N) is 2. The number of ether oxygens (including phenoxy) is 1. The van der Waals surface area contributed by atoms with Crippen LogP contribution in [0, 0.1) is 0 Å². The molecule has 1 unspecified atom stereocenters. The summed E-state index contributed by atoms with van der Waals surface area (Å²) in [4.78, 5) is 4.94. The predicted octanol–water partition coefficient (Wildman–Crippen LogP) is 6.51. The van der Waals surface area contributed by atoms with Gasteiger partial charge in [-0.25, -0.2) is 0 Å². The fourth-order valence-electron chi connectivity index (χ4n) is 6.11. The van der Waals surface area contributed by atoms with Crippen LogP contribution in [0.15, 0.2) is 60.7 Å². The van der Waals surface area contributed by atoms with E-state index < -0.39 is 0 Å². The van der Waals surface area contributed by atoms with Crippen molar-refractivity contribution in [2.24, 2.45) is 0 Å². The molecule has 0 aromatic heterocycles. The molecule has 4 nitrogen and oxygen atoms in total. The Hall–Kier alpha value is -2.98. The Morgan fingerprint density at radius 2 is 1.69 bits per heavy atom. The Morgan fingerprint density at radius 3 is 2.42 bits per heavy atom. The first-order valence-electron chi connectivity index (χ1n) is 13.5. The molecule has 0 bridgehead atoms. The first-order chi connectivity index (χ1) is 17.5. The van der Waals surface area contributed by atoms with Crippen LogP contribution in [0.3, 0.4) is 0 Å². The lowest BCUT2D eigenvalue weighted by molar-refractivity contribution is 0.255. The average molecular weight is 485 g/mol. The molecule has 1 aliphatic carbocycles. The number of anilines is 1. The highest BCUT2D eigenvalue weighted by Crippen LogP contribution is 2.40. The number of phenolic OH excluding ortho intramolecular Hbond substituents is 1. The standard InChI is InChI=1S/C32H40N2O2/c1-4-34(22-23-5-7-24(8-6-23)25-15-17-33(2)18-16-25)32-14-13-30(36-3)21-31(32)28-10-9-27-20-29(35)12-11-26(27)19-28/h5-8,11-14,20-21,25,28,35H,4,9-10,15-19,22H2,1-3H3. The largest absolute Gasteiger partial charge is 0.508 e. The molecule has 0 saturated carbocycles. The maximum absolute atomic E-state index is 9.90. The number of fused-ring (bicyclic) bond motifs is 1. The number of likely N-dealkylation sites (tertiary alicyclic amines) is 1. The highest BCUT2D eigenvalue weighted by molar-refractivity contribution is 5.59. The molecule has 36 heavy (non-hydrogen) atoms. The molecule has 0 radical (unpaired) electrons. The van der Waals surface area contributed by atoms with E-state index in [1.54, 1.807) is 7.11 Å². The van der Waals surface area contributed by atoms with Gasteiger partial charge in [0, 0.05) is 18.8 Å². The first-order valence-corrected chi connectivity index (χ1v) is 13.5. The topological polar surface area (TPSA) is 35.9 Å². The molecule has 3 aromatic rings. The molecule has 1 N–H and O–H groups in total. The number of methoxy groups -OCH3 is 1. The number of hydrogen-bond donors (Lipinski definition) is 1. The van der Waals surface area contributed by atoms with Crippen molar-refractivity contribution in [3.05, 3.63) is 88.5 Å². The Morgan fingerprint density at radius 1 is 0.917 bits per heavy atom. The summed E-state index contributed by atoms with van der Waals surface area (Å²) in [5.41, 5.74) is 8.17. The molecule has 1 aliphatic heterocycles. The number of aryl methyl sites for hydroxylation is 1. The maximum Gasteiger partial charge on any atom is 0.119 e. The Balaban J connectivity index is 1.36. The fraction of sp³-hybridized carbons (Fsp3) is 0.438. The SMILES string of the molecule is CCN(Cc1ccc(C2CCN(C)CC2)cc1)c1ccc(OC)cc1C1CCc2cc(O)ccc2C1. The van der Waals surface area contributed by atoms with Gasteiger partial charge in [-0.15, -0.1) is 0 Å². The highest BCUT2D eigenvalue weighted by atomic mass is 16.5. The summed E-state index contributed by atoms with van der Waals surface area (Å²) in [5, 5.41) is 9.90. The van der Waals surface area contributed by atoms with Crippen LogP contribution >= 0.6 is 0 Å². The van der Waals surface area contributed by atoms with Crippen LogP contribution in [0.4, 0.5) is 5.69 Å². The molecule has 0 spiro atoms. The van der Waals surface area contributed by atoms with Crippen molar-refractivity contribution in [1.29, 1.82) is 0 Å². The molecular weight excluding hydrogens is 444 g/mol. The number of hydrogen-bond acceptors (Lipinski definition) is 4. The van der Waals surface area contributed by atoms with Crippen molar-refractivity contribution in [1.82, 2.24) is 4.90 Å². The van der Waals surface area contributed by atoms with Crippen LogP contribution in [0.2, 0.25) is 0 Å². The number of benzene rings is 3. The van der Waals surface area contributed by atoms with Crippen molar-refractivity contribution in [2.75, 3.05) is 38.7 Å². The van der Waals surface area contributed by atoms with Crippen LogP contribution in [-0.2, 0) is 19.4 Å². The van der Waals surface area contributed by atoms with E-state index in [1.165, 1.54) is 59.4 Å². The normalized spacial score (nSPS) is 18.6. The maximum atomic E-state index is 9.90. The minimum Gasteiger partial charge on any atom is -0.508 e. The summed E-state index contributed by atoms with van der Waals surface area (Å²) in [7, 11) is 3.98. The molecule has 2 aliphatic rings. The molecule has 1 fully saturated rings. The van der Waals surface area contributed by atoms with Gasteiger partial charge in [-0.3, -0.25) is 0 Å². The Kier molecular flexibility index (Phi) is 7.52. The molecule has 4 heteroatoms. The summed E-state index contributed by atoms with van der Waals surface area (Å²) in [6.07, 6.45) is 5.60. The summed E-state index contributed by atoms with van der Waals surface area (Å²) in [5.74, 6) is 2.42. The van der Waals surface area contributed by atoms with E-state index in [2.05, 4.69) is 72.3 Å². The average Bonchev–Trinajstić information content (AvgIpc) is 2.92. The van der Waals surface area contributed by atoms with Gasteiger partial charge in [-0.1, -0.05) is 30.3 Å². The third-order valence-electron chi connectivity index (χ3n) is 8.36. The molecular formula is C32H40N2O2. The lowest BCUT2D eigenvalue weighted by Crippen LogP contribution is -2.29. The molecule has 1 saturated heterocycles. The summed E-state index contributed by atoms with van der Waals surface area (Å²) < 4.78 is 5.64. The molecule has 190 valence electrons. The van der Waals surface area contributed by atoms with E-state index >= 15 is 0 Å². The monoisotopic (exact) mass is 484 g/mol. The Bertz CT molecular complexity index is 1170. The number of rotatable bonds is 7. The Labute approximate surface area is 216 Å². The van der Waals surface area contributed by atoms with Crippen LogP contribution in [0.5, 0.6) is 11.5 Å². The molecule has 1 atom stereocenters. The summed E-state index contributed by atoms with van der Waals surface area (Å²) in [6, 6.07) is 21.8. The van der Waals surface area contributed by atoms with Crippen LogP contribution in [-0.4, -0.2) is 43.8 Å². The minimum atomic E-state index is 0.369. The fourth-order valence-corrected chi connectivity index (χ4v) is 6.11. The van der Waals surface area contributed by atoms with Gasteiger partial charge in [0.1, 0.15) is 11.5 Å². The third kappa shape index (κ3) is 5.39. The quantitative estimate of drug-likeness (QED) is 0.415. The van der Waals surface area contributed by atoms with Gasteiger partial charge in [-0.05, 0) is 129 Å². The van der Waals surface area contributed by atoms with Gasteiger partial charge >= 0.3 is 0 Å². The second-order valence-electron chi connectivity index (χ2n) is 10.7. The molecule has 1 heterocycles. The first kappa shape index (κ1) is 24.7. The van der Waals surface area contributed by atoms with E-state index in [4.69, 9.17) is 4.74 Å². The second kappa shape index (κ2) is 11.0. The zero-order valence-electron chi connectivity index (χ0n) is 22.0. The van der Waals surface area contributed by atoms with Gasteiger partial charge in [0.2, 0.25) is 0 Å². The number of aromatic hydroxyl groups is 1. The summed E-state index contributed by atoms with van der Waals surface area (Å²) >= 11 is 0. The highest BCUT2D eigenvalue weighted by Gasteiger charge is 2.25. The lowest BCUT2D eigenvalue weighted by Gasteiger charge is -2.32. The lowest BCUT2D eigenvalue weighted by atomic mass is 9.79. The van der Waals surface area contributed by atoms with Crippen LogP contribution in [0.25, 0.3) is 0 Å². The van der Waals surface area contributed by atoms with Gasteiger partial charge in [0.25, 0.3) is 0 Å². The zero-order valence-corrected chi connectivity index (χ0v) is 22.0. The van der Waals surface area contributed by atoms with E-state index in [0.29, 0.717) is 17.6 Å². The summed E-state index contributed by atoms with van der Waals surface area (Å²) in [6.45, 7) is 6.50. The second-order valence-corrected chi connectivity index (χ2v) is 10.7. The van der Waals surface area contributed by atoms with Crippen molar-refractivity contribution in [2.45, 2.75) is 57.4 Å². The number of piperidine rings is 1. The van der Waals surface area contributed by atoms with Crippen molar-refractivity contribution < 1.29 is 9.84 Å². The molecule has 0 amide bonds. The van der Waals surface area contributed by atoms with E-state index in [9.17, 15) is 5.11 Å². The smallest absolute Gasteiger partial charge is 0.119 e. The third-order valence-corrected chi connectivity index (χ3v) is 8.36.